The highest BCUT2D eigenvalue weighted by Gasteiger charge is 2.25. The Kier molecular flexibility index (Phi) is 4.96. The number of thiophene rings is 1. The highest BCUT2D eigenvalue weighted by Crippen LogP contribution is 2.29. The summed E-state index contributed by atoms with van der Waals surface area (Å²) in [5.41, 5.74) is 1.12. The SMILES string of the molecule is Cc1sc(C(=O)O)cc1CN(CCCO)C1CCC1. The Morgan fingerprint density at radius 2 is 2.26 bits per heavy atom. The quantitative estimate of drug-likeness (QED) is 0.807. The van der Waals surface area contributed by atoms with Gasteiger partial charge in [-0.25, -0.2) is 4.79 Å². The van der Waals surface area contributed by atoms with Gasteiger partial charge in [-0.05, 0) is 37.8 Å². The highest BCUT2D eigenvalue weighted by molar-refractivity contribution is 7.14. The molecule has 0 radical (unpaired) electrons. The van der Waals surface area contributed by atoms with E-state index < -0.39 is 5.97 Å². The Morgan fingerprint density at radius 1 is 1.53 bits per heavy atom. The summed E-state index contributed by atoms with van der Waals surface area (Å²) in [5, 5.41) is 18.0. The lowest BCUT2D eigenvalue weighted by molar-refractivity contribution is 0.0702. The molecule has 1 heterocycles. The zero-order chi connectivity index (χ0) is 13.8. The van der Waals surface area contributed by atoms with Gasteiger partial charge >= 0.3 is 5.97 Å². The zero-order valence-corrected chi connectivity index (χ0v) is 12.1. The predicted octanol–water partition coefficient (Wildman–Crippen LogP) is 2.49. The van der Waals surface area contributed by atoms with Crippen molar-refractivity contribution in [3.8, 4) is 0 Å². The molecule has 2 rings (SSSR count). The van der Waals surface area contributed by atoms with Crippen molar-refractivity contribution < 1.29 is 15.0 Å². The summed E-state index contributed by atoms with van der Waals surface area (Å²) in [6.45, 7) is 3.89. The van der Waals surface area contributed by atoms with Gasteiger partial charge in [-0.15, -0.1) is 11.3 Å². The van der Waals surface area contributed by atoms with E-state index in [4.69, 9.17) is 10.2 Å². The molecule has 0 saturated heterocycles. The molecule has 1 aromatic heterocycles. The molecule has 0 bridgehead atoms. The van der Waals surface area contributed by atoms with Gasteiger partial charge in [-0.3, -0.25) is 4.90 Å². The van der Waals surface area contributed by atoms with Crippen LogP contribution in [0.4, 0.5) is 0 Å². The Hall–Kier alpha value is -0.910. The summed E-state index contributed by atoms with van der Waals surface area (Å²) in [5.74, 6) is -0.843. The van der Waals surface area contributed by atoms with Gasteiger partial charge in [-0.2, -0.15) is 0 Å². The molecule has 2 N–H and O–H groups in total. The van der Waals surface area contributed by atoms with Gasteiger partial charge in [-0.1, -0.05) is 6.42 Å². The lowest BCUT2D eigenvalue weighted by Crippen LogP contribution is -2.40. The molecule has 1 aromatic rings. The average Bonchev–Trinajstić information content (AvgIpc) is 2.66. The summed E-state index contributed by atoms with van der Waals surface area (Å²) >= 11 is 1.35. The van der Waals surface area contributed by atoms with Crippen LogP contribution in [0.25, 0.3) is 0 Å². The number of carboxylic acid groups (broad SMARTS) is 1. The molecule has 106 valence electrons. The number of aromatic carboxylic acids is 1. The molecular weight excluding hydrogens is 262 g/mol. The maximum absolute atomic E-state index is 11.0. The average molecular weight is 283 g/mol. The van der Waals surface area contributed by atoms with Crippen LogP contribution in [0.1, 0.15) is 45.8 Å². The monoisotopic (exact) mass is 283 g/mol. The Morgan fingerprint density at radius 3 is 2.74 bits per heavy atom. The van der Waals surface area contributed by atoms with Gasteiger partial charge in [0, 0.05) is 30.6 Å². The van der Waals surface area contributed by atoms with E-state index in [1.54, 1.807) is 6.07 Å². The number of carbonyl (C=O) groups is 1. The predicted molar refractivity (Wildman–Crippen MR) is 75.8 cm³/mol. The fourth-order valence-electron chi connectivity index (χ4n) is 2.42. The number of hydrogen-bond donors (Lipinski definition) is 2. The second-order valence-electron chi connectivity index (χ2n) is 5.13. The van der Waals surface area contributed by atoms with E-state index in [2.05, 4.69) is 4.90 Å². The van der Waals surface area contributed by atoms with Crippen LogP contribution in [-0.2, 0) is 6.54 Å². The van der Waals surface area contributed by atoms with Crippen LogP contribution in [0.5, 0.6) is 0 Å². The summed E-state index contributed by atoms with van der Waals surface area (Å²) < 4.78 is 0. The smallest absolute Gasteiger partial charge is 0.345 e. The fourth-order valence-corrected chi connectivity index (χ4v) is 3.29. The van der Waals surface area contributed by atoms with Gasteiger partial charge < -0.3 is 10.2 Å². The van der Waals surface area contributed by atoms with Crippen LogP contribution < -0.4 is 0 Å². The first-order chi connectivity index (χ1) is 9.11. The molecule has 5 heteroatoms. The van der Waals surface area contributed by atoms with Gasteiger partial charge in [0.2, 0.25) is 0 Å². The van der Waals surface area contributed by atoms with Gasteiger partial charge in [0.15, 0.2) is 0 Å². The number of hydrogen-bond acceptors (Lipinski definition) is 4. The van der Waals surface area contributed by atoms with Crippen molar-refractivity contribution in [2.24, 2.45) is 0 Å². The Labute approximate surface area is 117 Å². The molecule has 0 spiro atoms. The van der Waals surface area contributed by atoms with E-state index in [-0.39, 0.29) is 6.61 Å². The van der Waals surface area contributed by atoms with Gasteiger partial charge in [0.25, 0.3) is 0 Å². The standard InChI is InChI=1S/C14H21NO3S/c1-10-11(8-13(19-10)14(17)18)9-15(6-3-7-16)12-4-2-5-12/h8,12,16H,2-7,9H2,1H3,(H,17,18). The number of rotatable bonds is 7. The summed E-state index contributed by atoms with van der Waals surface area (Å²) in [6.07, 6.45) is 4.51. The molecule has 4 nitrogen and oxygen atoms in total. The van der Waals surface area contributed by atoms with Crippen LogP contribution in [0.3, 0.4) is 0 Å². The molecule has 0 atom stereocenters. The van der Waals surface area contributed by atoms with E-state index in [0.717, 1.165) is 30.0 Å². The molecule has 0 aromatic carbocycles. The van der Waals surface area contributed by atoms with Crippen LogP contribution in [0, 0.1) is 6.92 Å². The molecule has 0 amide bonds. The van der Waals surface area contributed by atoms with Crippen molar-refractivity contribution in [2.75, 3.05) is 13.2 Å². The number of carboxylic acids is 1. The molecule has 1 aliphatic rings. The fraction of sp³-hybridized carbons (Fsp3) is 0.643. The lowest BCUT2D eigenvalue weighted by Gasteiger charge is -2.37. The third-order valence-corrected chi connectivity index (χ3v) is 4.88. The molecule has 1 fully saturated rings. The molecule has 19 heavy (non-hydrogen) atoms. The summed E-state index contributed by atoms with van der Waals surface area (Å²) in [7, 11) is 0. The third-order valence-electron chi connectivity index (χ3n) is 3.80. The summed E-state index contributed by atoms with van der Waals surface area (Å²) in [6, 6.07) is 2.41. The first-order valence-electron chi connectivity index (χ1n) is 6.79. The Bertz CT molecular complexity index is 440. The maximum atomic E-state index is 11.0. The van der Waals surface area contributed by atoms with Crippen LogP contribution >= 0.6 is 11.3 Å². The third kappa shape index (κ3) is 3.55. The normalized spacial score (nSPS) is 15.7. The van der Waals surface area contributed by atoms with E-state index in [0.29, 0.717) is 10.9 Å². The summed E-state index contributed by atoms with van der Waals surface area (Å²) in [4.78, 5) is 14.9. The van der Waals surface area contributed by atoms with Crippen LogP contribution in [-0.4, -0.2) is 40.3 Å². The Balaban J connectivity index is 2.04. The van der Waals surface area contributed by atoms with Crippen molar-refractivity contribution in [1.29, 1.82) is 0 Å². The maximum Gasteiger partial charge on any atom is 0.345 e. The minimum Gasteiger partial charge on any atom is -0.477 e. The van der Waals surface area contributed by atoms with Crippen molar-refractivity contribution in [3.05, 3.63) is 21.4 Å². The van der Waals surface area contributed by atoms with E-state index in [1.165, 1.54) is 30.6 Å². The molecule has 1 aliphatic carbocycles. The van der Waals surface area contributed by atoms with Crippen LogP contribution in [0.15, 0.2) is 6.07 Å². The van der Waals surface area contributed by atoms with Crippen molar-refractivity contribution >= 4 is 17.3 Å². The second kappa shape index (κ2) is 6.50. The van der Waals surface area contributed by atoms with Gasteiger partial charge in [0.05, 0.1) is 0 Å². The van der Waals surface area contributed by atoms with E-state index in [1.807, 2.05) is 6.92 Å². The van der Waals surface area contributed by atoms with Crippen LogP contribution in [0.2, 0.25) is 0 Å². The number of nitrogens with zero attached hydrogens (tertiary/aromatic N) is 1. The molecule has 0 unspecified atom stereocenters. The minimum absolute atomic E-state index is 0.214. The molecule has 0 aliphatic heterocycles. The van der Waals surface area contributed by atoms with Crippen molar-refractivity contribution in [1.82, 2.24) is 4.90 Å². The van der Waals surface area contributed by atoms with E-state index >= 15 is 0 Å². The number of aliphatic hydroxyl groups is 1. The van der Waals surface area contributed by atoms with Crippen molar-refractivity contribution in [2.45, 2.75) is 45.2 Å². The van der Waals surface area contributed by atoms with E-state index in [9.17, 15) is 4.79 Å². The highest BCUT2D eigenvalue weighted by atomic mass is 32.1. The largest absolute Gasteiger partial charge is 0.477 e. The minimum atomic E-state index is -0.843. The van der Waals surface area contributed by atoms with Gasteiger partial charge in [0.1, 0.15) is 4.88 Å². The second-order valence-corrected chi connectivity index (χ2v) is 6.39. The number of aryl methyl sites for hydroxylation is 1. The number of aliphatic hydroxyl groups excluding tert-OH is 1. The molecule has 1 saturated carbocycles. The zero-order valence-electron chi connectivity index (χ0n) is 11.3. The molecular formula is C14H21NO3S. The lowest BCUT2D eigenvalue weighted by atomic mass is 9.91. The first kappa shape index (κ1) is 14.5. The first-order valence-corrected chi connectivity index (χ1v) is 7.61. The topological polar surface area (TPSA) is 60.8 Å². The van der Waals surface area contributed by atoms with Crippen molar-refractivity contribution in [3.63, 3.8) is 0 Å².